The van der Waals surface area contributed by atoms with Gasteiger partial charge in [0.05, 0.1) is 28.4 Å². The van der Waals surface area contributed by atoms with Crippen LogP contribution in [0.5, 0.6) is 0 Å². The van der Waals surface area contributed by atoms with Crippen molar-refractivity contribution >= 4 is 42.5 Å². The number of hydrogen-bond donors (Lipinski definition) is 2. The quantitative estimate of drug-likeness (QED) is 0.455. The van der Waals surface area contributed by atoms with E-state index in [0.717, 1.165) is 34.8 Å². The Bertz CT molecular complexity index is 761. The lowest BCUT2D eigenvalue weighted by atomic mass is 10.1. The third-order valence-electron chi connectivity index (χ3n) is 3.68. The number of nitrogens with one attached hydrogen (secondary N) is 2. The largest absolute Gasteiger partial charge is 0.592 e. The third-order valence-corrected chi connectivity index (χ3v) is 5.47. The van der Waals surface area contributed by atoms with Gasteiger partial charge in [-0.2, -0.15) is 0 Å². The summed E-state index contributed by atoms with van der Waals surface area (Å²) in [7, 11) is 1.00. The Morgan fingerprint density at radius 1 is 1.36 bits per heavy atom. The number of alkyl carbamates (subject to hydrolysis) is 1. The summed E-state index contributed by atoms with van der Waals surface area (Å²) in [5.74, 6) is 0. The summed E-state index contributed by atoms with van der Waals surface area (Å²) in [6.07, 6.45) is 2.07. The molecule has 2 N–H and O–H groups in total. The van der Waals surface area contributed by atoms with E-state index < -0.39 is 22.7 Å². The highest BCUT2D eigenvalue weighted by molar-refractivity contribution is 8.38. The fourth-order valence-corrected chi connectivity index (χ4v) is 4.24. The topological polar surface area (TPSA) is 86.3 Å². The molecule has 154 valence electrons. The lowest BCUT2D eigenvalue weighted by Gasteiger charge is -2.23. The lowest BCUT2D eigenvalue weighted by Crippen LogP contribution is -2.35. The number of aryl methyl sites for hydroxylation is 1. The molecule has 2 rings (SSSR count). The SMILES string of the molecule is CCCc1csc([C@H](Cc2ccc(N[S+]([O-])P)cc2)NC(=O)OC(C)(C)C)n1. The van der Waals surface area contributed by atoms with Gasteiger partial charge in [0.25, 0.3) is 0 Å². The van der Waals surface area contributed by atoms with Crippen LogP contribution in [0.1, 0.15) is 56.4 Å². The number of ether oxygens (including phenoxy) is 1. The maximum absolute atomic E-state index is 12.3. The standard InChI is InChI=1S/C19H28N3O3PS2/c1-5-6-15-12-27-17(20-15)16(21-18(23)25-19(2,3)4)11-13-7-9-14(10-8-13)22-28(24)26/h7-10,12,16,22H,5-6,11,26H2,1-4H3,(H,21,23)/t16-,28?/m0/s1. The molecule has 0 aliphatic heterocycles. The van der Waals surface area contributed by atoms with Crippen molar-refractivity contribution in [3.8, 4) is 0 Å². The first-order chi connectivity index (χ1) is 13.2. The number of carbonyl (C=O) groups excluding carboxylic acids is 1. The number of benzene rings is 1. The molecule has 1 aromatic heterocycles. The van der Waals surface area contributed by atoms with Crippen LogP contribution in [0.25, 0.3) is 0 Å². The number of aromatic nitrogens is 1. The predicted molar refractivity (Wildman–Crippen MR) is 120 cm³/mol. The third kappa shape index (κ3) is 7.95. The van der Waals surface area contributed by atoms with Gasteiger partial charge in [-0.1, -0.05) is 25.5 Å². The number of rotatable bonds is 8. The first-order valence-corrected chi connectivity index (χ1v) is 12.6. The zero-order valence-electron chi connectivity index (χ0n) is 16.7. The van der Waals surface area contributed by atoms with Gasteiger partial charge < -0.3 is 14.6 Å². The van der Waals surface area contributed by atoms with Crippen LogP contribution in [-0.2, 0) is 28.6 Å². The second-order valence-electron chi connectivity index (χ2n) is 7.43. The summed E-state index contributed by atoms with van der Waals surface area (Å²) in [5, 5.41) is 5.87. The highest BCUT2D eigenvalue weighted by atomic mass is 32.7. The molecule has 28 heavy (non-hydrogen) atoms. The average Bonchev–Trinajstić information content (AvgIpc) is 3.03. The van der Waals surface area contributed by atoms with Gasteiger partial charge in [-0.3, -0.25) is 0 Å². The molecule has 2 aromatic rings. The van der Waals surface area contributed by atoms with Crippen molar-refractivity contribution in [3.63, 3.8) is 0 Å². The molecule has 9 heteroatoms. The van der Waals surface area contributed by atoms with Gasteiger partial charge in [0.1, 0.15) is 19.1 Å². The van der Waals surface area contributed by atoms with Crippen LogP contribution in [0.2, 0.25) is 0 Å². The minimum atomic E-state index is -1.20. The van der Waals surface area contributed by atoms with Crippen LogP contribution < -0.4 is 10.0 Å². The Kier molecular flexibility index (Phi) is 8.56. The predicted octanol–water partition coefficient (Wildman–Crippen LogP) is 4.77. The van der Waals surface area contributed by atoms with Gasteiger partial charge in [-0.25, -0.2) is 14.5 Å². The van der Waals surface area contributed by atoms with Crippen LogP contribution in [0.15, 0.2) is 29.6 Å². The van der Waals surface area contributed by atoms with Gasteiger partial charge in [0.15, 0.2) is 0 Å². The Hall–Kier alpha value is -1.34. The van der Waals surface area contributed by atoms with Gasteiger partial charge >= 0.3 is 6.09 Å². The molecule has 1 amide bonds. The van der Waals surface area contributed by atoms with Crippen molar-refractivity contribution in [3.05, 3.63) is 45.9 Å². The van der Waals surface area contributed by atoms with E-state index in [9.17, 15) is 9.35 Å². The van der Waals surface area contributed by atoms with E-state index in [1.807, 2.05) is 50.4 Å². The monoisotopic (exact) mass is 441 g/mol. The Morgan fingerprint density at radius 2 is 2.04 bits per heavy atom. The van der Waals surface area contributed by atoms with Crippen molar-refractivity contribution in [2.45, 2.75) is 58.6 Å². The van der Waals surface area contributed by atoms with Crippen LogP contribution >= 0.6 is 19.8 Å². The van der Waals surface area contributed by atoms with Gasteiger partial charge in [-0.15, -0.1) is 11.3 Å². The number of hydrogen-bond acceptors (Lipinski definition) is 6. The average molecular weight is 442 g/mol. The van der Waals surface area contributed by atoms with E-state index in [4.69, 9.17) is 9.72 Å². The zero-order chi connectivity index (χ0) is 20.7. The molecule has 6 nitrogen and oxygen atoms in total. The lowest BCUT2D eigenvalue weighted by molar-refractivity contribution is 0.0503. The first kappa shape index (κ1) is 22.9. The first-order valence-electron chi connectivity index (χ1n) is 9.12. The molecular formula is C19H28N3O3PS2. The highest BCUT2D eigenvalue weighted by Crippen LogP contribution is 2.25. The zero-order valence-corrected chi connectivity index (χ0v) is 19.4. The molecule has 0 bridgehead atoms. The second kappa shape index (κ2) is 10.4. The minimum absolute atomic E-state index is 0.278. The molecule has 0 aliphatic rings. The Balaban J connectivity index is 2.16. The van der Waals surface area contributed by atoms with E-state index in [1.165, 1.54) is 0 Å². The molecule has 1 aromatic carbocycles. The van der Waals surface area contributed by atoms with Crippen molar-refractivity contribution in [1.82, 2.24) is 10.3 Å². The summed E-state index contributed by atoms with van der Waals surface area (Å²) >= 11 is 1.55. The number of amides is 1. The summed E-state index contributed by atoms with van der Waals surface area (Å²) in [6.45, 7) is 7.64. The normalized spacial score (nSPS) is 13.6. The van der Waals surface area contributed by atoms with Gasteiger partial charge in [-0.05, 0) is 51.3 Å². The minimum Gasteiger partial charge on any atom is -0.592 e. The molecule has 0 spiro atoms. The van der Waals surface area contributed by atoms with Gasteiger partial charge in [0, 0.05) is 5.38 Å². The van der Waals surface area contributed by atoms with Crippen LogP contribution in [0.4, 0.5) is 10.5 Å². The van der Waals surface area contributed by atoms with Crippen molar-refractivity contribution in [1.29, 1.82) is 0 Å². The summed E-state index contributed by atoms with van der Waals surface area (Å²) < 4.78 is 19.5. The van der Waals surface area contributed by atoms with Crippen molar-refractivity contribution in [2.24, 2.45) is 0 Å². The molecule has 0 saturated heterocycles. The molecule has 0 saturated carbocycles. The van der Waals surface area contributed by atoms with E-state index in [2.05, 4.69) is 25.4 Å². The molecule has 0 radical (unpaired) electrons. The smallest absolute Gasteiger partial charge is 0.408 e. The Morgan fingerprint density at radius 3 is 2.61 bits per heavy atom. The fourth-order valence-electron chi connectivity index (χ4n) is 2.56. The van der Waals surface area contributed by atoms with Crippen molar-refractivity contribution < 1.29 is 14.1 Å². The van der Waals surface area contributed by atoms with Crippen LogP contribution in [-0.4, -0.2) is 21.2 Å². The Labute approximate surface area is 176 Å². The molecule has 2 unspecified atom stereocenters. The highest BCUT2D eigenvalue weighted by Gasteiger charge is 2.23. The van der Waals surface area contributed by atoms with E-state index in [0.29, 0.717) is 6.42 Å². The maximum Gasteiger partial charge on any atom is 0.408 e. The van der Waals surface area contributed by atoms with E-state index in [1.54, 1.807) is 11.3 Å². The summed E-state index contributed by atoms with van der Waals surface area (Å²) in [5.41, 5.74) is 2.29. The van der Waals surface area contributed by atoms with E-state index >= 15 is 0 Å². The molecule has 1 heterocycles. The summed E-state index contributed by atoms with van der Waals surface area (Å²) in [6, 6.07) is 7.35. The second-order valence-corrected chi connectivity index (χ2v) is 10.4. The molecule has 0 aliphatic carbocycles. The fraction of sp³-hybridized carbons (Fsp3) is 0.474. The molecule has 0 fully saturated rings. The number of thiazole rings is 1. The number of nitrogens with zero attached hydrogens (tertiary/aromatic N) is 1. The maximum atomic E-state index is 12.3. The summed E-state index contributed by atoms with van der Waals surface area (Å²) in [4.78, 5) is 17.0. The molecular weight excluding hydrogens is 413 g/mol. The number of anilines is 1. The van der Waals surface area contributed by atoms with Gasteiger partial charge in [0.2, 0.25) is 0 Å². The van der Waals surface area contributed by atoms with Crippen molar-refractivity contribution in [2.75, 3.05) is 4.72 Å². The van der Waals surface area contributed by atoms with Crippen LogP contribution in [0, 0.1) is 0 Å². The van der Waals surface area contributed by atoms with Crippen LogP contribution in [0.3, 0.4) is 0 Å². The number of carbonyl (C=O) groups is 1. The van der Waals surface area contributed by atoms with E-state index in [-0.39, 0.29) is 6.04 Å². The molecule has 3 atom stereocenters.